The minimum Gasteiger partial charge on any atom is -0.387 e. The SMILES string of the molecule is CCCc1c(Cc2ccc(-c3ccccc3)c(-c3noc(=O)[nH]3)c2)c(=O)n(C2CCC(O)(COC)CC2)c2ncnn12. The van der Waals surface area contributed by atoms with Crippen molar-refractivity contribution in [2.75, 3.05) is 13.7 Å². The summed E-state index contributed by atoms with van der Waals surface area (Å²) in [5, 5.41) is 19.4. The zero-order valence-corrected chi connectivity index (χ0v) is 23.7. The van der Waals surface area contributed by atoms with Crippen molar-refractivity contribution in [3.63, 3.8) is 0 Å². The number of H-pyrrole nitrogens is 1. The normalized spacial score (nSPS) is 19.0. The molecule has 6 rings (SSSR count). The Labute approximate surface area is 241 Å². The number of aliphatic hydroxyl groups is 1. The van der Waals surface area contributed by atoms with Crippen LogP contribution in [0.25, 0.3) is 28.3 Å². The second kappa shape index (κ2) is 11.5. The molecule has 3 aromatic heterocycles. The van der Waals surface area contributed by atoms with E-state index in [0.29, 0.717) is 61.3 Å². The summed E-state index contributed by atoms with van der Waals surface area (Å²) < 4.78 is 13.6. The van der Waals surface area contributed by atoms with E-state index in [1.54, 1.807) is 16.2 Å². The molecule has 1 aliphatic carbocycles. The molecule has 0 spiro atoms. The highest BCUT2D eigenvalue weighted by molar-refractivity contribution is 5.81. The average molecular weight is 571 g/mol. The molecular weight excluding hydrogens is 536 g/mol. The van der Waals surface area contributed by atoms with Gasteiger partial charge in [-0.1, -0.05) is 61.0 Å². The van der Waals surface area contributed by atoms with E-state index in [-0.39, 0.29) is 18.2 Å². The number of hydrogen-bond donors (Lipinski definition) is 2. The second-order valence-corrected chi connectivity index (χ2v) is 11.1. The molecule has 1 saturated carbocycles. The third-order valence-electron chi connectivity index (χ3n) is 8.22. The molecule has 2 N–H and O–H groups in total. The summed E-state index contributed by atoms with van der Waals surface area (Å²) in [6.07, 6.45) is 5.66. The van der Waals surface area contributed by atoms with Crippen molar-refractivity contribution in [3.8, 4) is 22.5 Å². The van der Waals surface area contributed by atoms with E-state index >= 15 is 0 Å². The highest BCUT2D eigenvalue weighted by atomic mass is 16.5. The summed E-state index contributed by atoms with van der Waals surface area (Å²) >= 11 is 0. The van der Waals surface area contributed by atoms with Crippen LogP contribution < -0.4 is 11.3 Å². The first-order chi connectivity index (χ1) is 20.4. The Morgan fingerprint density at radius 3 is 2.60 bits per heavy atom. The van der Waals surface area contributed by atoms with E-state index in [0.717, 1.165) is 28.8 Å². The Hall–Kier alpha value is -4.35. The van der Waals surface area contributed by atoms with Gasteiger partial charge in [-0.2, -0.15) is 10.1 Å². The first-order valence-corrected chi connectivity index (χ1v) is 14.3. The van der Waals surface area contributed by atoms with Gasteiger partial charge in [0.25, 0.3) is 5.56 Å². The van der Waals surface area contributed by atoms with Crippen LogP contribution in [0.1, 0.15) is 61.9 Å². The van der Waals surface area contributed by atoms with Crippen LogP contribution >= 0.6 is 0 Å². The molecule has 0 atom stereocenters. The molecule has 0 amide bonds. The number of aromatic amines is 1. The largest absolute Gasteiger partial charge is 0.439 e. The van der Waals surface area contributed by atoms with Crippen LogP contribution in [0.3, 0.4) is 0 Å². The zero-order valence-electron chi connectivity index (χ0n) is 23.7. The number of rotatable bonds is 9. The number of fused-ring (bicyclic) bond motifs is 1. The topological polar surface area (TPSA) is 141 Å². The van der Waals surface area contributed by atoms with Crippen LogP contribution in [0.15, 0.2) is 69.0 Å². The first-order valence-electron chi connectivity index (χ1n) is 14.3. The van der Waals surface area contributed by atoms with Crippen molar-refractivity contribution < 1.29 is 14.4 Å². The van der Waals surface area contributed by atoms with Crippen molar-refractivity contribution >= 4 is 5.78 Å². The van der Waals surface area contributed by atoms with Crippen molar-refractivity contribution in [2.45, 2.75) is 63.5 Å². The van der Waals surface area contributed by atoms with Gasteiger partial charge in [0.2, 0.25) is 5.78 Å². The predicted octanol–water partition coefficient (Wildman–Crippen LogP) is 3.94. The van der Waals surface area contributed by atoms with Crippen molar-refractivity contribution in [1.82, 2.24) is 29.3 Å². The first kappa shape index (κ1) is 27.8. The lowest BCUT2D eigenvalue weighted by Crippen LogP contribution is -2.41. The van der Waals surface area contributed by atoms with Crippen molar-refractivity contribution in [3.05, 3.63) is 92.6 Å². The highest BCUT2D eigenvalue weighted by Crippen LogP contribution is 2.36. The zero-order chi connectivity index (χ0) is 29.3. The maximum Gasteiger partial charge on any atom is 0.439 e. The van der Waals surface area contributed by atoms with Gasteiger partial charge in [-0.25, -0.2) is 9.31 Å². The number of methoxy groups -OCH3 is 1. The third-order valence-corrected chi connectivity index (χ3v) is 8.22. The van der Waals surface area contributed by atoms with Crippen molar-refractivity contribution in [1.29, 1.82) is 0 Å². The molecular formula is C31H34N6O5. The number of nitrogens with one attached hydrogen (secondary N) is 1. The molecule has 2 aromatic carbocycles. The molecule has 0 aliphatic heterocycles. The molecule has 1 fully saturated rings. The Morgan fingerprint density at radius 1 is 1.12 bits per heavy atom. The molecule has 0 saturated heterocycles. The van der Waals surface area contributed by atoms with Gasteiger partial charge in [0.05, 0.1) is 17.9 Å². The minimum atomic E-state index is -0.886. The average Bonchev–Trinajstić information content (AvgIpc) is 3.66. The fraction of sp³-hybridized carbons (Fsp3) is 0.387. The Balaban J connectivity index is 1.45. The number of ether oxygens (including phenoxy) is 1. The quantitative estimate of drug-likeness (QED) is 0.272. The molecule has 3 heterocycles. The van der Waals surface area contributed by atoms with Gasteiger partial charge < -0.3 is 9.84 Å². The van der Waals surface area contributed by atoms with E-state index < -0.39 is 11.4 Å². The third kappa shape index (κ3) is 5.21. The molecule has 5 aromatic rings. The Morgan fingerprint density at radius 2 is 1.90 bits per heavy atom. The van der Waals surface area contributed by atoms with Crippen LogP contribution in [-0.2, 0) is 17.6 Å². The smallest absolute Gasteiger partial charge is 0.387 e. The van der Waals surface area contributed by atoms with Gasteiger partial charge in [-0.15, -0.1) is 0 Å². The lowest BCUT2D eigenvalue weighted by atomic mass is 9.82. The molecule has 0 bridgehead atoms. The van der Waals surface area contributed by atoms with E-state index in [9.17, 15) is 14.7 Å². The Bertz CT molecular complexity index is 1810. The summed E-state index contributed by atoms with van der Waals surface area (Å²) in [5.74, 6) is 0.211. The molecule has 0 unspecified atom stereocenters. The van der Waals surface area contributed by atoms with Crippen molar-refractivity contribution in [2.24, 2.45) is 0 Å². The van der Waals surface area contributed by atoms with E-state index in [1.165, 1.54) is 6.33 Å². The lowest BCUT2D eigenvalue weighted by Gasteiger charge is -2.36. The Kier molecular flexibility index (Phi) is 7.61. The van der Waals surface area contributed by atoms with Crippen LogP contribution in [0.4, 0.5) is 0 Å². The number of aryl methyl sites for hydroxylation is 1. The monoisotopic (exact) mass is 570 g/mol. The standard InChI is InChI=1S/C31H34N6O5/c1-3-7-26-25(28(38)36(29-32-19-33-37(26)29)22-12-14-31(40,15-13-22)18-41-2)17-20-10-11-23(21-8-5-4-6-9-21)24(16-20)27-34-30(39)42-35-27/h4-6,8-11,16,19,22,40H,3,7,12-15,17-18H2,1-2H3,(H,34,35,39). The predicted molar refractivity (Wildman–Crippen MR) is 156 cm³/mol. The fourth-order valence-electron chi connectivity index (χ4n) is 6.21. The summed E-state index contributed by atoms with van der Waals surface area (Å²) in [4.78, 5) is 33.3. The van der Waals surface area contributed by atoms with Gasteiger partial charge in [0.15, 0.2) is 5.82 Å². The second-order valence-electron chi connectivity index (χ2n) is 11.1. The van der Waals surface area contributed by atoms with Gasteiger partial charge >= 0.3 is 5.76 Å². The van der Waals surface area contributed by atoms with Gasteiger partial charge in [-0.05, 0) is 54.9 Å². The van der Waals surface area contributed by atoms with E-state index in [1.807, 2.05) is 48.5 Å². The van der Waals surface area contributed by atoms with Crippen LogP contribution in [0.2, 0.25) is 0 Å². The fourth-order valence-corrected chi connectivity index (χ4v) is 6.21. The molecule has 11 heteroatoms. The maximum atomic E-state index is 14.3. The summed E-state index contributed by atoms with van der Waals surface area (Å²) in [6, 6.07) is 15.6. The van der Waals surface area contributed by atoms with E-state index in [4.69, 9.17) is 9.26 Å². The molecule has 11 nitrogen and oxygen atoms in total. The number of aromatic nitrogens is 6. The van der Waals surface area contributed by atoms with Crippen LogP contribution in [-0.4, -0.2) is 53.7 Å². The van der Waals surface area contributed by atoms with Crippen LogP contribution in [0, 0.1) is 0 Å². The number of benzene rings is 2. The van der Waals surface area contributed by atoms with Gasteiger partial charge in [0, 0.05) is 30.7 Å². The van der Waals surface area contributed by atoms with Gasteiger partial charge in [-0.3, -0.25) is 18.9 Å². The number of hydrogen-bond acceptors (Lipinski definition) is 8. The minimum absolute atomic E-state index is 0.0929. The lowest BCUT2D eigenvalue weighted by molar-refractivity contribution is -0.0629. The molecule has 218 valence electrons. The summed E-state index contributed by atoms with van der Waals surface area (Å²) in [5.41, 5.74) is 3.94. The number of nitrogens with zero attached hydrogens (tertiary/aromatic N) is 5. The maximum absolute atomic E-state index is 14.3. The molecule has 42 heavy (non-hydrogen) atoms. The summed E-state index contributed by atoms with van der Waals surface area (Å²) in [7, 11) is 1.59. The molecule has 0 radical (unpaired) electrons. The summed E-state index contributed by atoms with van der Waals surface area (Å²) in [6.45, 7) is 2.34. The van der Waals surface area contributed by atoms with Gasteiger partial charge in [0.1, 0.15) is 6.33 Å². The van der Waals surface area contributed by atoms with Crippen LogP contribution in [0.5, 0.6) is 0 Å². The molecule has 1 aliphatic rings. The highest BCUT2D eigenvalue weighted by Gasteiger charge is 2.35. The van der Waals surface area contributed by atoms with E-state index in [2.05, 4.69) is 27.1 Å².